The number of piperazine rings is 1. The van der Waals surface area contributed by atoms with Gasteiger partial charge in [-0.15, -0.1) is 0 Å². The highest BCUT2D eigenvalue weighted by molar-refractivity contribution is 6.32. The van der Waals surface area contributed by atoms with E-state index in [0.29, 0.717) is 35.2 Å². The summed E-state index contributed by atoms with van der Waals surface area (Å²) in [5.41, 5.74) is 1.70. The summed E-state index contributed by atoms with van der Waals surface area (Å²) in [7, 11) is 1.55. The van der Waals surface area contributed by atoms with Crippen molar-refractivity contribution in [3.05, 3.63) is 52.8 Å². The Morgan fingerprint density at radius 2 is 2.17 bits per heavy atom. The summed E-state index contributed by atoms with van der Waals surface area (Å²) in [6, 6.07) is 7.50. The number of aromatic nitrogens is 1. The first-order valence-corrected chi connectivity index (χ1v) is 10.3. The number of benzene rings is 1. The van der Waals surface area contributed by atoms with Crippen LogP contribution in [-0.4, -0.2) is 60.1 Å². The van der Waals surface area contributed by atoms with Gasteiger partial charge in [0.1, 0.15) is 0 Å². The SMILES string of the molecule is CCCOc1c(Cl)cc(C(=O)N2CCN(Cc3cccnc3)C[C@@H]2C)cc1OC. The van der Waals surface area contributed by atoms with E-state index in [2.05, 4.69) is 22.9 Å². The molecule has 0 N–H and O–H groups in total. The first kappa shape index (κ1) is 21.4. The fraction of sp³-hybridized carbons (Fsp3) is 0.455. The first-order valence-electron chi connectivity index (χ1n) is 9.96. The molecule has 0 spiro atoms. The molecule has 7 heteroatoms. The molecule has 3 rings (SSSR count). The van der Waals surface area contributed by atoms with E-state index >= 15 is 0 Å². The summed E-state index contributed by atoms with van der Waals surface area (Å²) in [6.07, 6.45) is 4.53. The van der Waals surface area contributed by atoms with Crippen molar-refractivity contribution in [1.82, 2.24) is 14.8 Å². The Morgan fingerprint density at radius 1 is 1.34 bits per heavy atom. The quantitative estimate of drug-likeness (QED) is 0.684. The van der Waals surface area contributed by atoms with Crippen LogP contribution in [0.25, 0.3) is 0 Å². The van der Waals surface area contributed by atoms with E-state index in [9.17, 15) is 4.79 Å². The second kappa shape index (κ2) is 9.94. The van der Waals surface area contributed by atoms with Gasteiger partial charge in [-0.2, -0.15) is 0 Å². The van der Waals surface area contributed by atoms with Crippen molar-refractivity contribution in [2.24, 2.45) is 0 Å². The number of methoxy groups -OCH3 is 1. The van der Waals surface area contributed by atoms with Crippen LogP contribution in [0, 0.1) is 0 Å². The Bertz CT molecular complexity index is 832. The monoisotopic (exact) mass is 417 g/mol. The van der Waals surface area contributed by atoms with E-state index in [0.717, 1.165) is 26.1 Å². The van der Waals surface area contributed by atoms with Gasteiger partial charge in [-0.3, -0.25) is 14.7 Å². The highest BCUT2D eigenvalue weighted by Gasteiger charge is 2.29. The molecule has 1 atom stereocenters. The van der Waals surface area contributed by atoms with Gasteiger partial charge in [0.2, 0.25) is 0 Å². The Kier molecular flexibility index (Phi) is 7.34. The fourth-order valence-electron chi connectivity index (χ4n) is 3.58. The normalized spacial score (nSPS) is 17.2. The zero-order valence-electron chi connectivity index (χ0n) is 17.2. The third-order valence-corrected chi connectivity index (χ3v) is 5.31. The van der Waals surface area contributed by atoms with Gasteiger partial charge in [-0.25, -0.2) is 0 Å². The summed E-state index contributed by atoms with van der Waals surface area (Å²) in [5, 5.41) is 0.393. The fourth-order valence-corrected chi connectivity index (χ4v) is 3.85. The summed E-state index contributed by atoms with van der Waals surface area (Å²) < 4.78 is 11.1. The number of carbonyl (C=O) groups excluding carboxylic acids is 1. The number of rotatable bonds is 7. The average molecular weight is 418 g/mol. The topological polar surface area (TPSA) is 54.9 Å². The van der Waals surface area contributed by atoms with Gasteiger partial charge in [0.05, 0.1) is 18.7 Å². The molecule has 1 amide bonds. The number of hydrogen-bond acceptors (Lipinski definition) is 5. The first-order chi connectivity index (χ1) is 14.0. The van der Waals surface area contributed by atoms with E-state index in [1.807, 2.05) is 24.1 Å². The number of carbonyl (C=O) groups is 1. The van der Waals surface area contributed by atoms with Crippen molar-refractivity contribution in [2.75, 3.05) is 33.4 Å². The van der Waals surface area contributed by atoms with Crippen LogP contribution in [-0.2, 0) is 6.54 Å². The summed E-state index contributed by atoms with van der Waals surface area (Å²) in [6.45, 7) is 7.76. The highest BCUT2D eigenvalue weighted by atomic mass is 35.5. The minimum absolute atomic E-state index is 0.0410. The molecule has 1 aliphatic heterocycles. The van der Waals surface area contributed by atoms with E-state index in [-0.39, 0.29) is 11.9 Å². The largest absolute Gasteiger partial charge is 0.493 e. The molecular weight excluding hydrogens is 390 g/mol. The molecule has 1 fully saturated rings. The minimum atomic E-state index is -0.0410. The number of pyridine rings is 1. The third-order valence-electron chi connectivity index (χ3n) is 5.03. The number of ether oxygens (including phenoxy) is 2. The number of halogens is 1. The molecule has 0 aliphatic carbocycles. The van der Waals surface area contributed by atoms with Gasteiger partial charge in [0.15, 0.2) is 11.5 Å². The molecule has 1 aromatic carbocycles. The average Bonchev–Trinajstić information content (AvgIpc) is 2.72. The van der Waals surface area contributed by atoms with Crippen LogP contribution >= 0.6 is 11.6 Å². The minimum Gasteiger partial charge on any atom is -0.493 e. The molecule has 2 aromatic rings. The summed E-state index contributed by atoms with van der Waals surface area (Å²) in [4.78, 5) is 21.6. The van der Waals surface area contributed by atoms with Crippen molar-refractivity contribution >= 4 is 17.5 Å². The molecule has 0 saturated carbocycles. The Labute approximate surface area is 177 Å². The zero-order chi connectivity index (χ0) is 20.8. The Morgan fingerprint density at radius 3 is 2.83 bits per heavy atom. The second-order valence-corrected chi connectivity index (χ2v) is 7.69. The van der Waals surface area contributed by atoms with Crippen molar-refractivity contribution in [3.63, 3.8) is 0 Å². The van der Waals surface area contributed by atoms with Gasteiger partial charge in [-0.05, 0) is 37.1 Å². The molecule has 0 radical (unpaired) electrons. The van der Waals surface area contributed by atoms with E-state index < -0.39 is 0 Å². The summed E-state index contributed by atoms with van der Waals surface area (Å²) in [5.74, 6) is 0.930. The lowest BCUT2D eigenvalue weighted by Gasteiger charge is -2.40. The van der Waals surface area contributed by atoms with Crippen LogP contribution < -0.4 is 9.47 Å². The van der Waals surface area contributed by atoms with E-state index in [1.54, 1.807) is 25.4 Å². The van der Waals surface area contributed by atoms with E-state index in [4.69, 9.17) is 21.1 Å². The lowest BCUT2D eigenvalue weighted by Crippen LogP contribution is -2.53. The Hall–Kier alpha value is -2.31. The third kappa shape index (κ3) is 5.19. The van der Waals surface area contributed by atoms with Crippen LogP contribution in [0.4, 0.5) is 0 Å². The van der Waals surface area contributed by atoms with Crippen LogP contribution in [0.2, 0.25) is 5.02 Å². The second-order valence-electron chi connectivity index (χ2n) is 7.28. The molecule has 0 unspecified atom stereocenters. The van der Waals surface area contributed by atoms with Gasteiger partial charge in [0.25, 0.3) is 5.91 Å². The van der Waals surface area contributed by atoms with Crippen LogP contribution in [0.1, 0.15) is 36.2 Å². The van der Waals surface area contributed by atoms with Crippen LogP contribution in [0.3, 0.4) is 0 Å². The molecule has 0 bridgehead atoms. The molecule has 1 saturated heterocycles. The van der Waals surface area contributed by atoms with Crippen molar-refractivity contribution in [2.45, 2.75) is 32.9 Å². The standard InChI is InChI=1S/C22H28ClN3O3/c1-4-10-29-21-19(23)11-18(12-20(21)28-3)22(27)26-9-8-25(14-16(26)2)15-17-6-5-7-24-13-17/h5-7,11-13,16H,4,8-10,14-15H2,1-3H3/t16-/m0/s1. The van der Waals surface area contributed by atoms with Crippen LogP contribution in [0.15, 0.2) is 36.7 Å². The van der Waals surface area contributed by atoms with Crippen molar-refractivity contribution in [1.29, 1.82) is 0 Å². The molecule has 6 nitrogen and oxygen atoms in total. The maximum Gasteiger partial charge on any atom is 0.254 e. The van der Waals surface area contributed by atoms with Gasteiger partial charge in [0, 0.05) is 50.2 Å². The summed E-state index contributed by atoms with van der Waals surface area (Å²) >= 11 is 6.39. The predicted molar refractivity (Wildman–Crippen MR) is 114 cm³/mol. The van der Waals surface area contributed by atoms with Crippen LogP contribution in [0.5, 0.6) is 11.5 Å². The van der Waals surface area contributed by atoms with Gasteiger partial charge in [-0.1, -0.05) is 24.6 Å². The number of amides is 1. The van der Waals surface area contributed by atoms with Crippen molar-refractivity contribution in [3.8, 4) is 11.5 Å². The molecule has 1 aromatic heterocycles. The number of nitrogens with zero attached hydrogens (tertiary/aromatic N) is 3. The molecule has 2 heterocycles. The number of hydrogen-bond donors (Lipinski definition) is 0. The van der Waals surface area contributed by atoms with Crippen molar-refractivity contribution < 1.29 is 14.3 Å². The van der Waals surface area contributed by atoms with Gasteiger partial charge >= 0.3 is 0 Å². The maximum atomic E-state index is 13.2. The molecule has 29 heavy (non-hydrogen) atoms. The Balaban J connectivity index is 1.69. The zero-order valence-corrected chi connectivity index (χ0v) is 18.0. The molecular formula is C22H28ClN3O3. The van der Waals surface area contributed by atoms with E-state index in [1.165, 1.54) is 5.56 Å². The lowest BCUT2D eigenvalue weighted by atomic mass is 10.1. The molecule has 1 aliphatic rings. The smallest absolute Gasteiger partial charge is 0.254 e. The molecule has 156 valence electrons. The predicted octanol–water partition coefficient (Wildman–Crippen LogP) is 3.88. The van der Waals surface area contributed by atoms with Gasteiger partial charge < -0.3 is 14.4 Å². The highest BCUT2D eigenvalue weighted by Crippen LogP contribution is 2.37. The maximum absolute atomic E-state index is 13.2. The lowest BCUT2D eigenvalue weighted by molar-refractivity contribution is 0.0475.